The molecule has 0 radical (unpaired) electrons. The summed E-state index contributed by atoms with van der Waals surface area (Å²) < 4.78 is 5.30. The van der Waals surface area contributed by atoms with Crippen LogP contribution < -0.4 is 4.74 Å². The van der Waals surface area contributed by atoms with Gasteiger partial charge in [0.15, 0.2) is 0 Å². The second-order valence-corrected chi connectivity index (χ2v) is 5.16. The highest BCUT2D eigenvalue weighted by molar-refractivity contribution is 7.13. The maximum absolute atomic E-state index is 10.9. The first-order chi connectivity index (χ1) is 9.01. The van der Waals surface area contributed by atoms with Crippen molar-refractivity contribution in [2.75, 3.05) is 0 Å². The lowest BCUT2D eigenvalue weighted by Gasteiger charge is -2.02. The van der Waals surface area contributed by atoms with Crippen LogP contribution in [0.15, 0.2) is 18.2 Å². The van der Waals surface area contributed by atoms with E-state index in [2.05, 4.69) is 4.98 Å². The van der Waals surface area contributed by atoms with Gasteiger partial charge in [-0.15, -0.1) is 0 Å². The minimum absolute atomic E-state index is 0.0348. The van der Waals surface area contributed by atoms with Crippen molar-refractivity contribution in [2.24, 2.45) is 0 Å². The molecule has 0 aliphatic carbocycles. The summed E-state index contributed by atoms with van der Waals surface area (Å²) in [5, 5.41) is 20.3. The quantitative estimate of drug-likeness (QED) is 0.686. The molecule has 2 rings (SSSR count). The molecule has 0 atom stereocenters. The van der Waals surface area contributed by atoms with E-state index in [4.69, 9.17) is 33.0 Å². The normalized spacial score (nSPS) is 10.5. The number of halogens is 2. The molecular formula is C10H6Cl2N2O4S. The number of nitro benzene ring substituents is 1. The molecule has 19 heavy (non-hydrogen) atoms. The van der Waals surface area contributed by atoms with Gasteiger partial charge in [-0.1, -0.05) is 34.5 Å². The van der Waals surface area contributed by atoms with Crippen molar-refractivity contribution in [2.45, 2.75) is 6.61 Å². The van der Waals surface area contributed by atoms with Gasteiger partial charge in [-0.2, -0.15) is 4.98 Å². The molecule has 1 N–H and O–H groups in total. The van der Waals surface area contributed by atoms with Crippen LogP contribution in [0.4, 0.5) is 5.69 Å². The summed E-state index contributed by atoms with van der Waals surface area (Å²) in [6, 6.07) is 3.94. The van der Waals surface area contributed by atoms with E-state index >= 15 is 0 Å². The Morgan fingerprint density at radius 2 is 2.21 bits per heavy atom. The predicted molar refractivity (Wildman–Crippen MR) is 71.2 cm³/mol. The van der Waals surface area contributed by atoms with Gasteiger partial charge >= 0.3 is 5.69 Å². The second kappa shape index (κ2) is 5.70. The van der Waals surface area contributed by atoms with Gasteiger partial charge in [-0.05, 0) is 6.07 Å². The van der Waals surface area contributed by atoms with Crippen LogP contribution in [0.2, 0.25) is 10.2 Å². The number of hydrogen-bond acceptors (Lipinski definition) is 6. The van der Waals surface area contributed by atoms with Crippen LogP contribution >= 0.6 is 34.5 Å². The summed E-state index contributed by atoms with van der Waals surface area (Å²) in [5.41, 5.74) is -0.235. The van der Waals surface area contributed by atoms with Crippen molar-refractivity contribution in [1.29, 1.82) is 0 Å². The van der Waals surface area contributed by atoms with Gasteiger partial charge in [0.05, 0.1) is 16.4 Å². The fourth-order valence-corrected chi connectivity index (χ4v) is 2.41. The number of rotatable bonds is 4. The third-order valence-corrected chi connectivity index (χ3v) is 3.67. The number of aromatic nitrogens is 1. The van der Waals surface area contributed by atoms with Gasteiger partial charge in [0.1, 0.15) is 5.15 Å². The highest BCUT2D eigenvalue weighted by Crippen LogP contribution is 2.37. The first-order valence-corrected chi connectivity index (χ1v) is 6.46. The third-order valence-electron chi connectivity index (χ3n) is 2.09. The Kier molecular flexibility index (Phi) is 4.20. The van der Waals surface area contributed by atoms with Crippen LogP contribution in [0, 0.1) is 10.1 Å². The molecule has 1 aromatic heterocycles. The first-order valence-electron chi connectivity index (χ1n) is 4.89. The Labute approximate surface area is 121 Å². The van der Waals surface area contributed by atoms with E-state index in [1.54, 1.807) is 0 Å². The van der Waals surface area contributed by atoms with E-state index in [0.29, 0.717) is 9.90 Å². The van der Waals surface area contributed by atoms with E-state index in [1.807, 2.05) is 0 Å². The average molecular weight is 321 g/mol. The molecule has 1 aromatic carbocycles. The zero-order chi connectivity index (χ0) is 14.0. The van der Waals surface area contributed by atoms with Crippen LogP contribution in [-0.4, -0.2) is 15.0 Å². The molecule has 0 spiro atoms. The minimum atomic E-state index is -0.589. The lowest BCUT2D eigenvalue weighted by molar-refractivity contribution is -0.385. The molecule has 100 valence electrons. The van der Waals surface area contributed by atoms with Gasteiger partial charge < -0.3 is 9.84 Å². The van der Waals surface area contributed by atoms with Gasteiger partial charge in [0, 0.05) is 17.2 Å². The van der Waals surface area contributed by atoms with E-state index in [9.17, 15) is 10.1 Å². The van der Waals surface area contributed by atoms with Crippen LogP contribution in [0.25, 0.3) is 0 Å². The van der Waals surface area contributed by atoms with Crippen molar-refractivity contribution in [1.82, 2.24) is 4.98 Å². The van der Waals surface area contributed by atoms with E-state index < -0.39 is 4.92 Å². The van der Waals surface area contributed by atoms with Crippen molar-refractivity contribution < 1.29 is 14.8 Å². The first kappa shape index (κ1) is 14.0. The lowest BCUT2D eigenvalue weighted by Crippen LogP contribution is -1.93. The zero-order valence-electron chi connectivity index (χ0n) is 9.17. The van der Waals surface area contributed by atoms with E-state index in [0.717, 1.165) is 11.3 Å². The molecule has 0 amide bonds. The second-order valence-electron chi connectivity index (χ2n) is 3.32. The number of nitrogens with zero attached hydrogens (tertiary/aromatic N) is 2. The Hall–Kier alpha value is -1.41. The standard InChI is InChI=1S/C10H6Cl2N2O4S/c11-5-1-2-6(14(16)17)7(3-5)18-10-13-9(12)8(4-15)19-10/h1-3,15H,4H2. The predicted octanol–water partition coefficient (Wildman–Crippen LogP) is 3.64. The van der Waals surface area contributed by atoms with Crippen molar-refractivity contribution in [3.63, 3.8) is 0 Å². The van der Waals surface area contributed by atoms with Gasteiger partial charge in [0.2, 0.25) is 5.75 Å². The van der Waals surface area contributed by atoms with E-state index in [1.165, 1.54) is 18.2 Å². The highest BCUT2D eigenvalue weighted by atomic mass is 35.5. The Balaban J connectivity index is 2.36. The number of thiazole rings is 1. The van der Waals surface area contributed by atoms with Crippen LogP contribution in [0.5, 0.6) is 10.9 Å². The molecule has 0 aliphatic heterocycles. The van der Waals surface area contributed by atoms with E-state index in [-0.39, 0.29) is 28.4 Å². The third kappa shape index (κ3) is 3.13. The Morgan fingerprint density at radius 1 is 1.47 bits per heavy atom. The molecule has 0 saturated carbocycles. The topological polar surface area (TPSA) is 85.5 Å². The fraction of sp³-hybridized carbons (Fsp3) is 0.100. The summed E-state index contributed by atoms with van der Waals surface area (Å²) in [5.74, 6) is -0.0348. The number of nitro groups is 1. The smallest absolute Gasteiger partial charge is 0.311 e. The summed E-state index contributed by atoms with van der Waals surface area (Å²) in [4.78, 5) is 14.5. The SMILES string of the molecule is O=[N+]([O-])c1ccc(Cl)cc1Oc1nc(Cl)c(CO)s1. The minimum Gasteiger partial charge on any atom is -0.423 e. The molecular weight excluding hydrogens is 315 g/mol. The molecule has 1 heterocycles. The molecule has 0 bridgehead atoms. The maximum Gasteiger partial charge on any atom is 0.311 e. The average Bonchev–Trinajstić information content (AvgIpc) is 2.69. The monoisotopic (exact) mass is 320 g/mol. The Morgan fingerprint density at radius 3 is 2.79 bits per heavy atom. The summed E-state index contributed by atoms with van der Waals surface area (Å²) in [7, 11) is 0. The van der Waals surface area contributed by atoms with Crippen molar-refractivity contribution >= 4 is 40.2 Å². The molecule has 0 saturated heterocycles. The summed E-state index contributed by atoms with van der Waals surface area (Å²) in [6.45, 7) is -0.280. The molecule has 6 nitrogen and oxygen atoms in total. The number of hydrogen-bond donors (Lipinski definition) is 1. The molecule has 2 aromatic rings. The van der Waals surface area contributed by atoms with Gasteiger partial charge in [-0.25, -0.2) is 0 Å². The number of aliphatic hydroxyl groups excluding tert-OH is 1. The van der Waals surface area contributed by atoms with Crippen LogP contribution in [0.3, 0.4) is 0 Å². The fourth-order valence-electron chi connectivity index (χ4n) is 1.27. The lowest BCUT2D eigenvalue weighted by atomic mass is 10.3. The van der Waals surface area contributed by atoms with Crippen LogP contribution in [0.1, 0.15) is 4.88 Å². The zero-order valence-corrected chi connectivity index (χ0v) is 11.5. The number of benzene rings is 1. The van der Waals surface area contributed by atoms with Crippen molar-refractivity contribution in [3.05, 3.63) is 43.4 Å². The largest absolute Gasteiger partial charge is 0.423 e. The summed E-state index contributed by atoms with van der Waals surface area (Å²) >= 11 is 12.5. The van der Waals surface area contributed by atoms with Crippen LogP contribution in [-0.2, 0) is 6.61 Å². The summed E-state index contributed by atoms with van der Waals surface area (Å²) in [6.07, 6.45) is 0. The van der Waals surface area contributed by atoms with Gasteiger partial charge in [0.25, 0.3) is 5.19 Å². The van der Waals surface area contributed by atoms with Crippen molar-refractivity contribution in [3.8, 4) is 10.9 Å². The molecule has 0 fully saturated rings. The number of ether oxygens (including phenoxy) is 1. The maximum atomic E-state index is 10.9. The molecule has 0 unspecified atom stereocenters. The highest BCUT2D eigenvalue weighted by Gasteiger charge is 2.18. The molecule has 0 aliphatic rings. The number of aliphatic hydroxyl groups is 1. The molecule has 9 heteroatoms. The van der Waals surface area contributed by atoms with Gasteiger partial charge in [-0.3, -0.25) is 10.1 Å². The Bertz CT molecular complexity index is 632.